The standard InChI is InChI=1S/C18H27F2N3O3/c1-5-7-11(2)25-15-9-6-8-14(12(15)3)23-26-18(24)13(10-22-4)16(21)17(19)20/h10-11,17H,5-9,21H2,1-4H3/b16-13?,22-10?,23-14+. The van der Waals surface area contributed by atoms with Gasteiger partial charge in [0, 0.05) is 25.3 Å². The monoisotopic (exact) mass is 371 g/mol. The normalized spacial score (nSPS) is 19.1. The van der Waals surface area contributed by atoms with Gasteiger partial charge >= 0.3 is 5.97 Å². The van der Waals surface area contributed by atoms with Crippen LogP contribution in [0.3, 0.4) is 0 Å². The van der Waals surface area contributed by atoms with Gasteiger partial charge in [-0.15, -0.1) is 0 Å². The molecule has 0 bridgehead atoms. The van der Waals surface area contributed by atoms with Crippen LogP contribution < -0.4 is 5.73 Å². The fraction of sp³-hybridized carbons (Fsp3) is 0.611. The van der Waals surface area contributed by atoms with Crippen molar-refractivity contribution in [2.45, 2.75) is 65.4 Å². The zero-order valence-corrected chi connectivity index (χ0v) is 15.7. The van der Waals surface area contributed by atoms with Gasteiger partial charge in [-0.2, -0.15) is 0 Å². The molecule has 0 saturated heterocycles. The Labute approximate surface area is 152 Å². The van der Waals surface area contributed by atoms with Gasteiger partial charge in [-0.3, -0.25) is 4.99 Å². The van der Waals surface area contributed by atoms with E-state index in [0.717, 1.165) is 43.2 Å². The molecule has 0 fully saturated rings. The van der Waals surface area contributed by atoms with Gasteiger partial charge in [-0.25, -0.2) is 13.6 Å². The van der Waals surface area contributed by atoms with Crippen LogP contribution in [0.4, 0.5) is 8.78 Å². The lowest BCUT2D eigenvalue weighted by atomic mass is 9.96. The fourth-order valence-corrected chi connectivity index (χ4v) is 2.56. The van der Waals surface area contributed by atoms with E-state index in [4.69, 9.17) is 15.3 Å². The van der Waals surface area contributed by atoms with E-state index in [-0.39, 0.29) is 6.10 Å². The van der Waals surface area contributed by atoms with Crippen LogP contribution in [0.1, 0.15) is 52.9 Å². The number of allylic oxidation sites excluding steroid dienone is 3. The van der Waals surface area contributed by atoms with E-state index in [1.807, 2.05) is 13.8 Å². The second-order valence-corrected chi connectivity index (χ2v) is 6.09. The molecule has 0 radical (unpaired) electrons. The second-order valence-electron chi connectivity index (χ2n) is 6.09. The van der Waals surface area contributed by atoms with Crippen LogP contribution in [0.2, 0.25) is 0 Å². The number of alkyl halides is 2. The lowest BCUT2D eigenvalue weighted by Crippen LogP contribution is -2.20. The van der Waals surface area contributed by atoms with E-state index >= 15 is 0 Å². The van der Waals surface area contributed by atoms with Gasteiger partial charge in [-0.1, -0.05) is 18.5 Å². The highest BCUT2D eigenvalue weighted by Gasteiger charge is 2.22. The Morgan fingerprint density at radius 2 is 2.08 bits per heavy atom. The van der Waals surface area contributed by atoms with E-state index in [2.05, 4.69) is 17.1 Å². The second kappa shape index (κ2) is 10.7. The molecule has 1 atom stereocenters. The molecule has 2 N–H and O–H groups in total. The maximum absolute atomic E-state index is 12.7. The van der Waals surface area contributed by atoms with Crippen molar-refractivity contribution in [3.05, 3.63) is 22.6 Å². The Kier molecular flexibility index (Phi) is 8.95. The molecule has 0 spiro atoms. The van der Waals surface area contributed by atoms with Crippen LogP contribution >= 0.6 is 0 Å². The largest absolute Gasteiger partial charge is 0.495 e. The van der Waals surface area contributed by atoms with Crippen molar-refractivity contribution >= 4 is 17.9 Å². The molecule has 0 saturated carbocycles. The van der Waals surface area contributed by atoms with E-state index < -0.39 is 23.7 Å². The number of halogens is 2. The van der Waals surface area contributed by atoms with Gasteiger partial charge in [0.1, 0.15) is 11.3 Å². The van der Waals surface area contributed by atoms with Gasteiger partial charge < -0.3 is 15.3 Å². The molecule has 8 heteroatoms. The summed E-state index contributed by atoms with van der Waals surface area (Å²) in [6, 6.07) is 0. The number of ether oxygens (including phenoxy) is 1. The highest BCUT2D eigenvalue weighted by Crippen LogP contribution is 2.26. The number of nitrogens with zero attached hydrogens (tertiary/aromatic N) is 2. The topological polar surface area (TPSA) is 86.3 Å². The van der Waals surface area contributed by atoms with E-state index in [1.165, 1.54) is 7.05 Å². The van der Waals surface area contributed by atoms with Gasteiger partial charge in [0.25, 0.3) is 6.43 Å². The Bertz CT molecular complexity index is 625. The van der Waals surface area contributed by atoms with Crippen molar-refractivity contribution in [1.29, 1.82) is 0 Å². The van der Waals surface area contributed by atoms with Crippen LogP contribution in [0.15, 0.2) is 32.8 Å². The molecular formula is C18H27F2N3O3. The lowest BCUT2D eigenvalue weighted by Gasteiger charge is -2.23. The summed E-state index contributed by atoms with van der Waals surface area (Å²) in [6.45, 7) is 5.94. The van der Waals surface area contributed by atoms with Gasteiger partial charge in [0.2, 0.25) is 0 Å². The van der Waals surface area contributed by atoms with Crippen molar-refractivity contribution in [3.8, 4) is 0 Å². The Morgan fingerprint density at radius 3 is 2.65 bits per heavy atom. The number of hydrogen-bond donors (Lipinski definition) is 1. The molecule has 146 valence electrons. The first kappa shape index (κ1) is 21.8. The quantitative estimate of drug-likeness (QED) is 0.305. The molecular weight excluding hydrogens is 344 g/mol. The SMILES string of the molecule is CCCC(C)OC1=C(C)/C(=N/OC(=O)C(C=NC)=C(N)C(F)F)CCC1. The molecule has 0 aromatic heterocycles. The molecule has 0 aliphatic heterocycles. The van der Waals surface area contributed by atoms with Gasteiger partial charge in [0.05, 0.1) is 17.5 Å². The summed E-state index contributed by atoms with van der Waals surface area (Å²) in [5.74, 6) is -0.244. The van der Waals surface area contributed by atoms with Crippen LogP contribution in [0.25, 0.3) is 0 Å². The molecule has 0 heterocycles. The first-order chi connectivity index (χ1) is 12.3. The van der Waals surface area contributed by atoms with Crippen molar-refractivity contribution in [2.75, 3.05) is 7.05 Å². The number of nitrogens with two attached hydrogens (primary N) is 1. The summed E-state index contributed by atoms with van der Waals surface area (Å²) in [6.07, 6.45) is 2.21. The average molecular weight is 371 g/mol. The van der Waals surface area contributed by atoms with Gasteiger partial charge in [-0.05, 0) is 33.1 Å². The number of oxime groups is 1. The number of carbonyl (C=O) groups excluding carboxylic acids is 1. The number of carbonyl (C=O) groups is 1. The highest BCUT2D eigenvalue weighted by molar-refractivity contribution is 6.10. The zero-order chi connectivity index (χ0) is 19.7. The maximum atomic E-state index is 12.7. The van der Waals surface area contributed by atoms with E-state index in [9.17, 15) is 13.6 Å². The first-order valence-electron chi connectivity index (χ1n) is 8.66. The maximum Gasteiger partial charge on any atom is 0.369 e. The third-order valence-electron chi connectivity index (χ3n) is 3.97. The third-order valence-corrected chi connectivity index (χ3v) is 3.97. The average Bonchev–Trinajstić information content (AvgIpc) is 2.59. The minimum absolute atomic E-state index is 0.0907. The first-order valence-corrected chi connectivity index (χ1v) is 8.66. The predicted molar refractivity (Wildman–Crippen MR) is 97.2 cm³/mol. The number of hydrogen-bond acceptors (Lipinski definition) is 6. The molecule has 6 nitrogen and oxygen atoms in total. The minimum Gasteiger partial charge on any atom is -0.495 e. The van der Waals surface area contributed by atoms with Crippen molar-refractivity contribution < 1.29 is 23.1 Å². The van der Waals surface area contributed by atoms with Crippen LogP contribution in [-0.4, -0.2) is 37.5 Å². The Balaban J connectivity index is 2.95. The van der Waals surface area contributed by atoms with Crippen molar-refractivity contribution in [3.63, 3.8) is 0 Å². The van der Waals surface area contributed by atoms with E-state index in [1.54, 1.807) is 0 Å². The molecule has 1 rings (SSSR count). The predicted octanol–water partition coefficient (Wildman–Crippen LogP) is 3.73. The summed E-state index contributed by atoms with van der Waals surface area (Å²) in [5, 5.41) is 3.85. The van der Waals surface area contributed by atoms with Crippen LogP contribution in [-0.2, 0) is 14.4 Å². The lowest BCUT2D eigenvalue weighted by molar-refractivity contribution is -0.138. The molecule has 1 unspecified atom stereocenters. The smallest absolute Gasteiger partial charge is 0.369 e. The summed E-state index contributed by atoms with van der Waals surface area (Å²) in [4.78, 5) is 20.4. The van der Waals surface area contributed by atoms with Crippen molar-refractivity contribution in [1.82, 2.24) is 0 Å². The fourth-order valence-electron chi connectivity index (χ4n) is 2.56. The van der Waals surface area contributed by atoms with Crippen LogP contribution in [0.5, 0.6) is 0 Å². The highest BCUT2D eigenvalue weighted by atomic mass is 19.3. The van der Waals surface area contributed by atoms with E-state index in [0.29, 0.717) is 12.1 Å². The Morgan fingerprint density at radius 1 is 1.38 bits per heavy atom. The summed E-state index contributed by atoms with van der Waals surface area (Å²) in [5.41, 5.74) is 5.22. The third kappa shape index (κ3) is 6.24. The summed E-state index contributed by atoms with van der Waals surface area (Å²) in [7, 11) is 1.34. The molecule has 0 amide bonds. The molecule has 26 heavy (non-hydrogen) atoms. The zero-order valence-electron chi connectivity index (χ0n) is 15.7. The van der Waals surface area contributed by atoms with Gasteiger partial charge in [0.15, 0.2) is 0 Å². The minimum atomic E-state index is -2.99. The molecule has 1 aliphatic carbocycles. The summed E-state index contributed by atoms with van der Waals surface area (Å²) >= 11 is 0. The molecule has 1 aliphatic rings. The van der Waals surface area contributed by atoms with Crippen LogP contribution in [0, 0.1) is 0 Å². The number of aliphatic imine (C=N–C) groups is 1. The number of rotatable bonds is 8. The Hall–Kier alpha value is -2.25. The van der Waals surface area contributed by atoms with Crippen molar-refractivity contribution in [2.24, 2.45) is 15.9 Å². The molecule has 0 aromatic rings. The summed E-state index contributed by atoms with van der Waals surface area (Å²) < 4.78 is 31.4. The molecule has 0 aromatic carbocycles.